The Morgan fingerprint density at radius 3 is 3.00 bits per heavy atom. The molecule has 6 nitrogen and oxygen atoms in total. The summed E-state index contributed by atoms with van der Waals surface area (Å²) in [6, 6.07) is 5.93. The van der Waals surface area contributed by atoms with Crippen LogP contribution in [0, 0.1) is 21.4 Å². The van der Waals surface area contributed by atoms with Crippen LogP contribution in [0.4, 0.5) is 10.7 Å². The zero-order chi connectivity index (χ0) is 15.7. The minimum Gasteiger partial charge on any atom is -0.507 e. The molecule has 1 aliphatic carbocycles. The first-order valence-electron chi connectivity index (χ1n) is 6.66. The van der Waals surface area contributed by atoms with Gasteiger partial charge in [0.1, 0.15) is 16.8 Å². The van der Waals surface area contributed by atoms with Crippen molar-refractivity contribution < 1.29 is 10.0 Å². The highest BCUT2D eigenvalue weighted by Crippen LogP contribution is 2.40. The molecular formula is C15H11N3O3S. The van der Waals surface area contributed by atoms with Gasteiger partial charge < -0.3 is 5.11 Å². The molecule has 0 fully saturated rings. The Kier molecular flexibility index (Phi) is 3.61. The second-order valence-corrected chi connectivity index (χ2v) is 5.99. The summed E-state index contributed by atoms with van der Waals surface area (Å²) in [5.74, 6) is -0.0862. The van der Waals surface area contributed by atoms with Crippen LogP contribution in [0.15, 0.2) is 23.2 Å². The van der Waals surface area contributed by atoms with E-state index in [2.05, 4.69) is 11.1 Å². The second-order valence-electron chi connectivity index (χ2n) is 4.91. The Morgan fingerprint density at radius 2 is 2.27 bits per heavy atom. The first-order chi connectivity index (χ1) is 10.6. The smallest absolute Gasteiger partial charge is 0.270 e. The van der Waals surface area contributed by atoms with E-state index in [0.717, 1.165) is 24.8 Å². The first-order valence-corrected chi connectivity index (χ1v) is 7.48. The summed E-state index contributed by atoms with van der Waals surface area (Å²) in [5, 5.41) is 30.4. The van der Waals surface area contributed by atoms with Gasteiger partial charge in [-0.15, -0.1) is 11.3 Å². The molecule has 0 radical (unpaired) electrons. The second kappa shape index (κ2) is 5.58. The molecular weight excluding hydrogens is 302 g/mol. The van der Waals surface area contributed by atoms with Gasteiger partial charge in [-0.25, -0.2) is 4.99 Å². The van der Waals surface area contributed by atoms with Gasteiger partial charge in [0, 0.05) is 28.8 Å². The van der Waals surface area contributed by atoms with Crippen molar-refractivity contribution in [1.29, 1.82) is 5.26 Å². The highest BCUT2D eigenvalue weighted by molar-refractivity contribution is 7.16. The zero-order valence-corrected chi connectivity index (χ0v) is 12.3. The summed E-state index contributed by atoms with van der Waals surface area (Å²) in [6.45, 7) is 0. The van der Waals surface area contributed by atoms with Gasteiger partial charge in [-0.2, -0.15) is 5.26 Å². The predicted octanol–water partition coefficient (Wildman–Crippen LogP) is 3.47. The van der Waals surface area contributed by atoms with E-state index in [1.165, 1.54) is 40.6 Å². The molecule has 1 aromatic heterocycles. The number of fused-ring (bicyclic) bond motifs is 1. The van der Waals surface area contributed by atoms with E-state index < -0.39 is 4.92 Å². The summed E-state index contributed by atoms with van der Waals surface area (Å²) in [6.07, 6.45) is 4.29. The summed E-state index contributed by atoms with van der Waals surface area (Å²) in [4.78, 5) is 15.7. The zero-order valence-electron chi connectivity index (χ0n) is 11.4. The third-order valence-corrected chi connectivity index (χ3v) is 4.76. The van der Waals surface area contributed by atoms with Crippen molar-refractivity contribution in [2.75, 3.05) is 0 Å². The van der Waals surface area contributed by atoms with Crippen molar-refractivity contribution in [2.24, 2.45) is 4.99 Å². The lowest BCUT2D eigenvalue weighted by molar-refractivity contribution is -0.384. The molecule has 1 aromatic carbocycles. The Labute approximate surface area is 130 Å². The molecule has 0 bridgehead atoms. The standard InChI is InChI=1S/C15H11N3O3S/c16-7-12-11-2-1-3-14(11)22-15(12)17-8-9-6-10(18(20)21)4-5-13(9)19/h4-6,8,19H,1-3H2. The fourth-order valence-electron chi connectivity index (χ4n) is 2.48. The summed E-state index contributed by atoms with van der Waals surface area (Å²) in [5.41, 5.74) is 1.79. The number of nitro groups is 1. The van der Waals surface area contributed by atoms with Gasteiger partial charge in [-0.1, -0.05) is 0 Å². The molecule has 110 valence electrons. The van der Waals surface area contributed by atoms with E-state index in [4.69, 9.17) is 0 Å². The average molecular weight is 313 g/mol. The monoisotopic (exact) mass is 313 g/mol. The van der Waals surface area contributed by atoms with Crippen molar-refractivity contribution in [3.05, 3.63) is 49.9 Å². The Bertz CT molecular complexity index is 833. The number of benzene rings is 1. The van der Waals surface area contributed by atoms with E-state index in [9.17, 15) is 20.5 Å². The number of non-ortho nitro benzene ring substituents is 1. The lowest BCUT2D eigenvalue weighted by Gasteiger charge is -1.98. The molecule has 1 N–H and O–H groups in total. The molecule has 0 spiro atoms. The van der Waals surface area contributed by atoms with Gasteiger partial charge in [0.2, 0.25) is 0 Å². The van der Waals surface area contributed by atoms with Crippen molar-refractivity contribution in [1.82, 2.24) is 0 Å². The average Bonchev–Trinajstić information content (AvgIpc) is 3.06. The van der Waals surface area contributed by atoms with Gasteiger partial charge in [0.05, 0.1) is 10.5 Å². The quantitative estimate of drug-likeness (QED) is 0.532. The van der Waals surface area contributed by atoms with Crippen LogP contribution < -0.4 is 0 Å². The van der Waals surface area contributed by atoms with Gasteiger partial charge in [0.15, 0.2) is 0 Å². The van der Waals surface area contributed by atoms with Crippen LogP contribution in [0.5, 0.6) is 5.75 Å². The Morgan fingerprint density at radius 1 is 1.45 bits per heavy atom. The Balaban J connectivity index is 1.97. The molecule has 0 amide bonds. The van der Waals surface area contributed by atoms with Crippen molar-refractivity contribution >= 4 is 28.2 Å². The minimum atomic E-state index is -0.531. The van der Waals surface area contributed by atoms with E-state index in [-0.39, 0.29) is 17.0 Å². The molecule has 1 heterocycles. The summed E-state index contributed by atoms with van der Waals surface area (Å²) in [7, 11) is 0. The lowest BCUT2D eigenvalue weighted by atomic mass is 10.1. The number of nitro benzene ring substituents is 1. The molecule has 0 aliphatic heterocycles. The molecule has 7 heteroatoms. The number of aromatic hydroxyl groups is 1. The topological polar surface area (TPSA) is 99.5 Å². The fourth-order valence-corrected chi connectivity index (χ4v) is 3.67. The normalized spacial score (nSPS) is 13.2. The number of thiophene rings is 1. The number of hydrogen-bond donors (Lipinski definition) is 1. The molecule has 1 aliphatic rings. The maximum absolute atomic E-state index is 10.8. The maximum atomic E-state index is 10.8. The SMILES string of the molecule is N#Cc1c(N=Cc2cc([N+](=O)[O-])ccc2O)sc2c1CCC2. The third kappa shape index (κ3) is 2.44. The number of nitriles is 1. The van der Waals surface area contributed by atoms with Gasteiger partial charge in [0.25, 0.3) is 5.69 Å². The van der Waals surface area contributed by atoms with E-state index in [1.807, 2.05) is 0 Å². The number of hydrogen-bond acceptors (Lipinski definition) is 6. The van der Waals surface area contributed by atoms with Crippen molar-refractivity contribution in [3.8, 4) is 11.8 Å². The van der Waals surface area contributed by atoms with Crippen molar-refractivity contribution in [2.45, 2.75) is 19.3 Å². The van der Waals surface area contributed by atoms with Crippen molar-refractivity contribution in [3.63, 3.8) is 0 Å². The predicted molar refractivity (Wildman–Crippen MR) is 83.1 cm³/mol. The number of rotatable bonds is 3. The fraction of sp³-hybridized carbons (Fsp3) is 0.200. The number of phenolic OH excluding ortho intramolecular Hbond substituents is 1. The molecule has 0 saturated heterocycles. The third-order valence-electron chi connectivity index (χ3n) is 3.56. The summed E-state index contributed by atoms with van der Waals surface area (Å²) < 4.78 is 0. The molecule has 0 atom stereocenters. The number of nitrogens with zero attached hydrogens (tertiary/aromatic N) is 3. The molecule has 2 aromatic rings. The van der Waals surface area contributed by atoms with Crippen LogP contribution in [0.2, 0.25) is 0 Å². The van der Waals surface area contributed by atoms with Crippen LogP contribution in [0.3, 0.4) is 0 Å². The number of phenols is 1. The van der Waals surface area contributed by atoms with E-state index >= 15 is 0 Å². The molecule has 0 unspecified atom stereocenters. The molecule has 3 rings (SSSR count). The largest absolute Gasteiger partial charge is 0.507 e. The van der Waals surface area contributed by atoms with Crippen LogP contribution in [0.25, 0.3) is 0 Å². The van der Waals surface area contributed by atoms with Crippen LogP contribution >= 0.6 is 11.3 Å². The molecule has 0 saturated carbocycles. The maximum Gasteiger partial charge on any atom is 0.270 e. The number of aryl methyl sites for hydroxylation is 1. The van der Waals surface area contributed by atoms with Crippen LogP contribution in [-0.2, 0) is 12.8 Å². The van der Waals surface area contributed by atoms with E-state index in [0.29, 0.717) is 10.6 Å². The Hall–Kier alpha value is -2.72. The number of aliphatic imine (C=N–C) groups is 1. The van der Waals surface area contributed by atoms with Gasteiger partial charge in [-0.3, -0.25) is 10.1 Å². The molecule has 22 heavy (non-hydrogen) atoms. The first kappa shape index (κ1) is 14.2. The minimum absolute atomic E-state index is 0.0862. The van der Waals surface area contributed by atoms with Crippen LogP contribution in [-0.4, -0.2) is 16.2 Å². The highest BCUT2D eigenvalue weighted by atomic mass is 32.1. The van der Waals surface area contributed by atoms with E-state index in [1.54, 1.807) is 0 Å². The van der Waals surface area contributed by atoms with Gasteiger partial charge >= 0.3 is 0 Å². The van der Waals surface area contributed by atoms with Gasteiger partial charge in [-0.05, 0) is 30.9 Å². The highest BCUT2D eigenvalue weighted by Gasteiger charge is 2.21. The van der Waals surface area contributed by atoms with Crippen LogP contribution in [0.1, 0.15) is 28.0 Å². The lowest BCUT2D eigenvalue weighted by Crippen LogP contribution is -1.90. The summed E-state index contributed by atoms with van der Waals surface area (Å²) >= 11 is 1.47.